The average molecular weight is 247 g/mol. The number of nitrogens with zero attached hydrogens (tertiary/aromatic N) is 2. The molecule has 0 fully saturated rings. The van der Waals surface area contributed by atoms with Crippen LogP contribution in [0.1, 0.15) is 21.9 Å². The summed E-state index contributed by atoms with van der Waals surface area (Å²) in [5.41, 5.74) is 4.16. The summed E-state index contributed by atoms with van der Waals surface area (Å²) in [6.45, 7) is 2.09. The fourth-order valence-corrected chi connectivity index (χ4v) is 1.37. The van der Waals surface area contributed by atoms with E-state index in [0.29, 0.717) is 17.1 Å². The number of nitrogen functional groups attached to an aromatic ring is 1. The Hall–Kier alpha value is -2.41. The molecular formula is C11H13N5O2. The summed E-state index contributed by atoms with van der Waals surface area (Å²) >= 11 is 0. The zero-order chi connectivity index (χ0) is 13.0. The Morgan fingerprint density at radius 1 is 1.50 bits per heavy atom. The van der Waals surface area contributed by atoms with Crippen molar-refractivity contribution in [3.05, 3.63) is 41.5 Å². The van der Waals surface area contributed by atoms with Crippen molar-refractivity contribution in [2.75, 3.05) is 5.43 Å². The number of carbonyl (C=O) groups is 1. The van der Waals surface area contributed by atoms with Gasteiger partial charge in [0.1, 0.15) is 5.69 Å². The van der Waals surface area contributed by atoms with E-state index >= 15 is 0 Å². The van der Waals surface area contributed by atoms with E-state index in [1.165, 1.54) is 6.20 Å². The van der Waals surface area contributed by atoms with Gasteiger partial charge in [0.15, 0.2) is 5.76 Å². The SMILES string of the molecule is Cc1cc(CNC(=O)c2ccc(NN)cn2)on1. The van der Waals surface area contributed by atoms with Crippen molar-refractivity contribution in [1.29, 1.82) is 0 Å². The third-order valence-electron chi connectivity index (χ3n) is 2.26. The van der Waals surface area contributed by atoms with Crippen molar-refractivity contribution in [1.82, 2.24) is 15.5 Å². The molecule has 2 aromatic rings. The van der Waals surface area contributed by atoms with Crippen molar-refractivity contribution in [3.63, 3.8) is 0 Å². The van der Waals surface area contributed by atoms with E-state index < -0.39 is 0 Å². The molecule has 0 aromatic carbocycles. The molecule has 7 heteroatoms. The third kappa shape index (κ3) is 2.83. The molecule has 0 spiro atoms. The van der Waals surface area contributed by atoms with Crippen molar-refractivity contribution in [2.45, 2.75) is 13.5 Å². The molecule has 0 saturated carbocycles. The third-order valence-corrected chi connectivity index (χ3v) is 2.26. The largest absolute Gasteiger partial charge is 0.359 e. The topological polar surface area (TPSA) is 106 Å². The van der Waals surface area contributed by atoms with E-state index in [2.05, 4.69) is 20.9 Å². The normalized spacial score (nSPS) is 10.1. The summed E-state index contributed by atoms with van der Waals surface area (Å²) in [5.74, 6) is 5.52. The first-order chi connectivity index (χ1) is 8.69. The summed E-state index contributed by atoms with van der Waals surface area (Å²) in [6, 6.07) is 5.01. The summed E-state index contributed by atoms with van der Waals surface area (Å²) in [6.07, 6.45) is 1.48. The maximum atomic E-state index is 11.7. The van der Waals surface area contributed by atoms with Crippen LogP contribution in [0.5, 0.6) is 0 Å². The molecule has 94 valence electrons. The maximum absolute atomic E-state index is 11.7. The molecule has 0 aliphatic rings. The predicted octanol–water partition coefficient (Wildman–Crippen LogP) is 0.594. The minimum absolute atomic E-state index is 0.276. The van der Waals surface area contributed by atoms with E-state index in [-0.39, 0.29) is 12.5 Å². The van der Waals surface area contributed by atoms with Gasteiger partial charge < -0.3 is 15.3 Å². The first-order valence-corrected chi connectivity index (χ1v) is 5.32. The monoisotopic (exact) mass is 247 g/mol. The highest BCUT2D eigenvalue weighted by atomic mass is 16.5. The Morgan fingerprint density at radius 2 is 2.33 bits per heavy atom. The van der Waals surface area contributed by atoms with E-state index in [1.54, 1.807) is 18.2 Å². The first-order valence-electron chi connectivity index (χ1n) is 5.32. The number of hydrogen-bond donors (Lipinski definition) is 3. The van der Waals surface area contributed by atoms with Crippen molar-refractivity contribution < 1.29 is 9.32 Å². The number of aryl methyl sites for hydroxylation is 1. The van der Waals surface area contributed by atoms with Crippen molar-refractivity contribution in [2.24, 2.45) is 5.84 Å². The molecule has 0 radical (unpaired) electrons. The van der Waals surface area contributed by atoms with Gasteiger partial charge in [-0.05, 0) is 19.1 Å². The Kier molecular flexibility index (Phi) is 3.54. The van der Waals surface area contributed by atoms with Gasteiger partial charge >= 0.3 is 0 Å². The quantitative estimate of drug-likeness (QED) is 0.539. The number of carbonyl (C=O) groups excluding carboxylic acids is 1. The Morgan fingerprint density at radius 3 is 2.89 bits per heavy atom. The number of rotatable bonds is 4. The molecule has 0 aliphatic heterocycles. The highest BCUT2D eigenvalue weighted by molar-refractivity contribution is 5.92. The molecule has 4 N–H and O–H groups in total. The van der Waals surface area contributed by atoms with Gasteiger partial charge in [0.2, 0.25) is 0 Å². The second-order valence-electron chi connectivity index (χ2n) is 3.69. The van der Waals surface area contributed by atoms with Gasteiger partial charge in [-0.25, -0.2) is 4.98 Å². The van der Waals surface area contributed by atoms with Gasteiger partial charge in [0.05, 0.1) is 24.1 Å². The number of aromatic nitrogens is 2. The second-order valence-corrected chi connectivity index (χ2v) is 3.69. The molecule has 0 aliphatic carbocycles. The highest BCUT2D eigenvalue weighted by Gasteiger charge is 2.08. The van der Waals surface area contributed by atoms with Gasteiger partial charge in [-0.3, -0.25) is 10.6 Å². The van der Waals surface area contributed by atoms with Gasteiger partial charge in [0, 0.05) is 6.07 Å². The molecule has 0 unspecified atom stereocenters. The number of nitrogens with one attached hydrogen (secondary N) is 2. The first kappa shape index (κ1) is 12.1. The molecule has 0 saturated heterocycles. The zero-order valence-electron chi connectivity index (χ0n) is 9.80. The van der Waals surface area contributed by atoms with Crippen molar-refractivity contribution >= 4 is 11.6 Å². The van der Waals surface area contributed by atoms with Crippen LogP contribution in [0.25, 0.3) is 0 Å². The lowest BCUT2D eigenvalue weighted by atomic mass is 10.3. The molecule has 0 bridgehead atoms. The van der Waals surface area contributed by atoms with Crippen LogP contribution in [0.4, 0.5) is 5.69 Å². The molecule has 2 heterocycles. The van der Waals surface area contributed by atoms with Crippen LogP contribution >= 0.6 is 0 Å². The standard InChI is InChI=1S/C11H13N5O2/c1-7-4-9(18-16-7)6-14-11(17)10-3-2-8(15-12)5-13-10/h2-5,15H,6,12H2,1H3,(H,14,17). The maximum Gasteiger partial charge on any atom is 0.270 e. The van der Waals surface area contributed by atoms with Crippen LogP contribution in [0.3, 0.4) is 0 Å². The van der Waals surface area contributed by atoms with Crippen LogP contribution in [0.2, 0.25) is 0 Å². The minimum atomic E-state index is -0.285. The van der Waals surface area contributed by atoms with Crippen LogP contribution in [-0.2, 0) is 6.54 Å². The van der Waals surface area contributed by atoms with E-state index in [9.17, 15) is 4.79 Å². The van der Waals surface area contributed by atoms with E-state index in [4.69, 9.17) is 10.4 Å². The Bertz CT molecular complexity index is 535. The highest BCUT2D eigenvalue weighted by Crippen LogP contribution is 2.05. The number of nitrogens with two attached hydrogens (primary N) is 1. The van der Waals surface area contributed by atoms with Crippen LogP contribution in [0.15, 0.2) is 28.9 Å². The lowest BCUT2D eigenvalue weighted by molar-refractivity contribution is 0.0942. The lowest BCUT2D eigenvalue weighted by Gasteiger charge is -2.03. The molecule has 7 nitrogen and oxygen atoms in total. The average Bonchev–Trinajstić information content (AvgIpc) is 2.82. The van der Waals surface area contributed by atoms with Crippen LogP contribution < -0.4 is 16.6 Å². The molecule has 2 rings (SSSR count). The zero-order valence-corrected chi connectivity index (χ0v) is 9.80. The Labute approximate surface area is 103 Å². The summed E-state index contributed by atoms with van der Waals surface area (Å²) in [4.78, 5) is 15.7. The van der Waals surface area contributed by atoms with Crippen LogP contribution in [-0.4, -0.2) is 16.0 Å². The van der Waals surface area contributed by atoms with Crippen molar-refractivity contribution in [3.8, 4) is 0 Å². The van der Waals surface area contributed by atoms with E-state index in [1.807, 2.05) is 6.92 Å². The number of hydrogen-bond acceptors (Lipinski definition) is 6. The number of amides is 1. The second kappa shape index (κ2) is 5.28. The van der Waals surface area contributed by atoms with Crippen LogP contribution in [0, 0.1) is 6.92 Å². The lowest BCUT2D eigenvalue weighted by Crippen LogP contribution is -2.23. The van der Waals surface area contributed by atoms with Gasteiger partial charge in [-0.2, -0.15) is 0 Å². The predicted molar refractivity (Wildman–Crippen MR) is 64.5 cm³/mol. The number of hydrazine groups is 1. The Balaban J connectivity index is 1.94. The van der Waals surface area contributed by atoms with Gasteiger partial charge in [0.25, 0.3) is 5.91 Å². The fraction of sp³-hybridized carbons (Fsp3) is 0.182. The van der Waals surface area contributed by atoms with Gasteiger partial charge in [-0.15, -0.1) is 0 Å². The summed E-state index contributed by atoms with van der Waals surface area (Å²) in [5, 5.41) is 6.41. The smallest absolute Gasteiger partial charge is 0.270 e. The molecule has 2 aromatic heterocycles. The number of pyridine rings is 1. The number of anilines is 1. The molecule has 1 amide bonds. The van der Waals surface area contributed by atoms with E-state index in [0.717, 1.165) is 5.69 Å². The van der Waals surface area contributed by atoms with Gasteiger partial charge in [-0.1, -0.05) is 5.16 Å². The molecule has 0 atom stereocenters. The molecular weight excluding hydrogens is 234 g/mol. The summed E-state index contributed by atoms with van der Waals surface area (Å²) < 4.78 is 4.98. The summed E-state index contributed by atoms with van der Waals surface area (Å²) in [7, 11) is 0. The fourth-order valence-electron chi connectivity index (χ4n) is 1.37. The molecule has 18 heavy (non-hydrogen) atoms. The minimum Gasteiger partial charge on any atom is -0.359 e.